The predicted molar refractivity (Wildman–Crippen MR) is 63.1 cm³/mol. The molecule has 98 valence electrons. The van der Waals surface area contributed by atoms with Crippen LogP contribution in [0.5, 0.6) is 0 Å². The highest BCUT2D eigenvalue weighted by atomic mass is 16.5. The second-order valence-electron chi connectivity index (χ2n) is 4.77. The number of nitrogens with two attached hydrogens (primary N) is 2. The van der Waals surface area contributed by atoms with E-state index in [1.54, 1.807) is 0 Å². The molecule has 0 aromatic heterocycles. The molecule has 1 aliphatic rings. The monoisotopic (exact) mass is 243 g/mol. The van der Waals surface area contributed by atoms with E-state index in [0.29, 0.717) is 12.5 Å². The first-order chi connectivity index (χ1) is 7.97. The summed E-state index contributed by atoms with van der Waals surface area (Å²) in [5.74, 6) is 0.154. The second-order valence-corrected chi connectivity index (χ2v) is 4.77. The molecule has 0 saturated heterocycles. The third-order valence-corrected chi connectivity index (χ3v) is 3.33. The Hall–Kier alpha value is -1.14. The van der Waals surface area contributed by atoms with Gasteiger partial charge in [0.15, 0.2) is 0 Å². The van der Waals surface area contributed by atoms with Crippen molar-refractivity contribution in [2.75, 3.05) is 13.2 Å². The summed E-state index contributed by atoms with van der Waals surface area (Å²) in [6, 6.07) is -0.863. The zero-order valence-corrected chi connectivity index (χ0v) is 10.2. The predicted octanol–water partition coefficient (Wildman–Crippen LogP) is 0.106. The van der Waals surface area contributed by atoms with Gasteiger partial charge in [-0.3, -0.25) is 10.1 Å². The molecule has 0 heterocycles. The number of amides is 3. The Morgan fingerprint density at radius 2 is 2.00 bits per heavy atom. The average Bonchev–Trinajstić information content (AvgIpc) is 2.28. The summed E-state index contributed by atoms with van der Waals surface area (Å²) in [5.41, 5.74) is 10.1. The molecule has 0 spiro atoms. The zero-order chi connectivity index (χ0) is 12.9. The van der Waals surface area contributed by atoms with E-state index in [9.17, 15) is 9.59 Å². The Morgan fingerprint density at radius 1 is 1.41 bits per heavy atom. The standard InChI is InChI=1S/C11H21N3O3/c1-8-2-4-11(7-12,5-3-8)17-6-9(15)14-10(13)16/h8H,2-7,12H2,1H3,(H3,13,14,15,16). The minimum absolute atomic E-state index is 0.172. The molecule has 5 N–H and O–H groups in total. The van der Waals surface area contributed by atoms with E-state index in [-0.39, 0.29) is 6.61 Å². The van der Waals surface area contributed by atoms with Crippen LogP contribution in [0.4, 0.5) is 4.79 Å². The summed E-state index contributed by atoms with van der Waals surface area (Å²) in [6.07, 6.45) is 3.81. The zero-order valence-electron chi connectivity index (χ0n) is 10.2. The minimum atomic E-state index is -0.863. The number of carbonyl (C=O) groups is 2. The number of ether oxygens (including phenoxy) is 1. The first-order valence-corrected chi connectivity index (χ1v) is 5.91. The van der Waals surface area contributed by atoms with Crippen LogP contribution in [-0.2, 0) is 9.53 Å². The lowest BCUT2D eigenvalue weighted by Crippen LogP contribution is -2.47. The van der Waals surface area contributed by atoms with Gasteiger partial charge in [0.05, 0.1) is 5.60 Å². The Labute approximate surface area is 101 Å². The van der Waals surface area contributed by atoms with Crippen LogP contribution in [0.3, 0.4) is 0 Å². The van der Waals surface area contributed by atoms with Crippen LogP contribution in [0.2, 0.25) is 0 Å². The Kier molecular flexibility index (Phi) is 4.89. The fourth-order valence-corrected chi connectivity index (χ4v) is 2.09. The van der Waals surface area contributed by atoms with Crippen molar-refractivity contribution in [1.82, 2.24) is 5.32 Å². The lowest BCUT2D eigenvalue weighted by molar-refractivity contribution is -0.134. The van der Waals surface area contributed by atoms with Gasteiger partial charge in [-0.2, -0.15) is 0 Å². The van der Waals surface area contributed by atoms with E-state index in [0.717, 1.165) is 25.7 Å². The highest BCUT2D eigenvalue weighted by Crippen LogP contribution is 2.33. The van der Waals surface area contributed by atoms with E-state index in [1.807, 2.05) is 5.32 Å². The molecular formula is C11H21N3O3. The highest BCUT2D eigenvalue weighted by Gasteiger charge is 2.34. The molecular weight excluding hydrogens is 222 g/mol. The molecule has 1 saturated carbocycles. The molecule has 6 nitrogen and oxygen atoms in total. The molecule has 1 aliphatic carbocycles. The van der Waals surface area contributed by atoms with Crippen LogP contribution in [0.1, 0.15) is 32.6 Å². The number of nitrogens with one attached hydrogen (secondary N) is 1. The molecule has 1 fully saturated rings. The molecule has 0 atom stereocenters. The number of rotatable bonds is 4. The molecule has 0 unspecified atom stereocenters. The van der Waals surface area contributed by atoms with Crippen molar-refractivity contribution in [3.05, 3.63) is 0 Å². The van der Waals surface area contributed by atoms with Crippen molar-refractivity contribution < 1.29 is 14.3 Å². The van der Waals surface area contributed by atoms with Crippen molar-refractivity contribution in [3.8, 4) is 0 Å². The SMILES string of the molecule is CC1CCC(CN)(OCC(=O)NC(N)=O)CC1. The lowest BCUT2D eigenvalue weighted by atomic mass is 9.79. The normalized spacial score (nSPS) is 28.7. The third kappa shape index (κ3) is 4.32. The fourth-order valence-electron chi connectivity index (χ4n) is 2.09. The third-order valence-electron chi connectivity index (χ3n) is 3.33. The molecule has 3 amide bonds. The fraction of sp³-hybridized carbons (Fsp3) is 0.818. The van der Waals surface area contributed by atoms with Gasteiger partial charge in [0.25, 0.3) is 5.91 Å². The van der Waals surface area contributed by atoms with Crippen LogP contribution >= 0.6 is 0 Å². The summed E-state index contributed by atoms with van der Waals surface area (Å²) in [6.45, 7) is 2.42. The maximum Gasteiger partial charge on any atom is 0.318 e. The summed E-state index contributed by atoms with van der Waals surface area (Å²) in [4.78, 5) is 21.7. The number of imide groups is 1. The van der Waals surface area contributed by atoms with Gasteiger partial charge in [-0.25, -0.2) is 4.79 Å². The number of carbonyl (C=O) groups excluding carboxylic acids is 2. The van der Waals surface area contributed by atoms with Gasteiger partial charge in [-0.15, -0.1) is 0 Å². The van der Waals surface area contributed by atoms with Gasteiger partial charge in [0.1, 0.15) is 6.61 Å². The van der Waals surface area contributed by atoms with E-state index in [4.69, 9.17) is 16.2 Å². The van der Waals surface area contributed by atoms with E-state index < -0.39 is 17.5 Å². The number of primary amides is 1. The first kappa shape index (κ1) is 13.9. The smallest absolute Gasteiger partial charge is 0.318 e. The van der Waals surface area contributed by atoms with Gasteiger partial charge in [0.2, 0.25) is 0 Å². The van der Waals surface area contributed by atoms with Crippen LogP contribution in [0, 0.1) is 5.92 Å². The van der Waals surface area contributed by atoms with E-state index >= 15 is 0 Å². The maximum absolute atomic E-state index is 11.2. The molecule has 0 aliphatic heterocycles. The number of urea groups is 1. The van der Waals surface area contributed by atoms with Gasteiger partial charge >= 0.3 is 6.03 Å². The average molecular weight is 243 g/mol. The maximum atomic E-state index is 11.2. The summed E-state index contributed by atoms with van der Waals surface area (Å²) in [5, 5.41) is 1.97. The summed E-state index contributed by atoms with van der Waals surface area (Å²) < 4.78 is 5.59. The van der Waals surface area contributed by atoms with Crippen LogP contribution < -0.4 is 16.8 Å². The van der Waals surface area contributed by atoms with Crippen molar-refractivity contribution >= 4 is 11.9 Å². The number of hydrogen-bond acceptors (Lipinski definition) is 4. The number of hydrogen-bond donors (Lipinski definition) is 3. The Balaban J connectivity index is 2.41. The molecule has 0 aromatic rings. The van der Waals surface area contributed by atoms with Gasteiger partial charge in [-0.1, -0.05) is 6.92 Å². The molecule has 1 rings (SSSR count). The molecule has 0 radical (unpaired) electrons. The Morgan fingerprint density at radius 3 is 2.47 bits per heavy atom. The van der Waals surface area contributed by atoms with Crippen molar-refractivity contribution in [2.24, 2.45) is 17.4 Å². The van der Waals surface area contributed by atoms with Gasteiger partial charge in [0, 0.05) is 6.54 Å². The second kappa shape index (κ2) is 5.97. The quantitative estimate of drug-likeness (QED) is 0.651. The highest BCUT2D eigenvalue weighted by molar-refractivity contribution is 5.94. The van der Waals surface area contributed by atoms with Crippen LogP contribution in [0.15, 0.2) is 0 Å². The van der Waals surface area contributed by atoms with Crippen LogP contribution in [-0.4, -0.2) is 30.7 Å². The molecule has 0 bridgehead atoms. The van der Waals surface area contributed by atoms with Gasteiger partial charge in [-0.05, 0) is 31.6 Å². The van der Waals surface area contributed by atoms with Crippen molar-refractivity contribution in [3.63, 3.8) is 0 Å². The summed E-state index contributed by atoms with van der Waals surface area (Å²) in [7, 11) is 0. The molecule has 17 heavy (non-hydrogen) atoms. The van der Waals surface area contributed by atoms with Gasteiger partial charge < -0.3 is 16.2 Å². The van der Waals surface area contributed by atoms with E-state index in [2.05, 4.69) is 6.92 Å². The lowest BCUT2D eigenvalue weighted by Gasteiger charge is -2.38. The van der Waals surface area contributed by atoms with Crippen molar-refractivity contribution in [1.29, 1.82) is 0 Å². The minimum Gasteiger partial charge on any atom is -0.364 e. The van der Waals surface area contributed by atoms with E-state index in [1.165, 1.54) is 0 Å². The summed E-state index contributed by atoms with van der Waals surface area (Å²) >= 11 is 0. The Bertz CT molecular complexity index is 286. The van der Waals surface area contributed by atoms with Crippen molar-refractivity contribution in [2.45, 2.75) is 38.2 Å². The molecule has 0 aromatic carbocycles. The topological polar surface area (TPSA) is 107 Å². The first-order valence-electron chi connectivity index (χ1n) is 5.91. The van der Waals surface area contributed by atoms with Crippen LogP contribution in [0.25, 0.3) is 0 Å². The molecule has 6 heteroatoms. The largest absolute Gasteiger partial charge is 0.364 e.